The van der Waals surface area contributed by atoms with Gasteiger partial charge in [-0.25, -0.2) is 13.2 Å². The Kier molecular flexibility index (Phi) is 4.97. The van der Waals surface area contributed by atoms with Gasteiger partial charge in [0.05, 0.1) is 12.2 Å². The maximum Gasteiger partial charge on any atom is 0.339 e. The number of alkyl halides is 1. The fraction of sp³-hybridized carbons (Fsp3) is 0.400. The lowest BCUT2D eigenvalue weighted by molar-refractivity contribution is 0.0526. The van der Waals surface area contributed by atoms with Crippen molar-refractivity contribution < 1.29 is 17.9 Å². The summed E-state index contributed by atoms with van der Waals surface area (Å²) in [4.78, 5) is 11.7. The first-order valence-corrected chi connectivity index (χ1v) is 9.45. The quantitative estimate of drug-likeness (QED) is 0.575. The Hall–Kier alpha value is -1.34. The molecule has 2 unspecified atom stereocenters. The first-order chi connectivity index (χ1) is 10.4. The number of halogens is 1. The average Bonchev–Trinajstić information content (AvgIpc) is 2.98. The van der Waals surface area contributed by atoms with Gasteiger partial charge in [0.25, 0.3) is 0 Å². The number of allylic oxidation sites excluding steroid dienone is 3. The third-order valence-electron chi connectivity index (χ3n) is 3.80. The van der Waals surface area contributed by atoms with E-state index < -0.39 is 20.7 Å². The molecule has 5 nitrogen and oxygen atoms in total. The van der Waals surface area contributed by atoms with E-state index in [2.05, 4.69) is 15.9 Å². The number of ether oxygens (including phenoxy) is 1. The van der Waals surface area contributed by atoms with Gasteiger partial charge < -0.3 is 4.74 Å². The smallest absolute Gasteiger partial charge is 0.339 e. The van der Waals surface area contributed by atoms with E-state index in [1.54, 1.807) is 26.0 Å². The van der Waals surface area contributed by atoms with Crippen molar-refractivity contribution in [2.24, 2.45) is 5.92 Å². The second-order valence-corrected chi connectivity index (χ2v) is 8.04. The van der Waals surface area contributed by atoms with Crippen LogP contribution in [0.5, 0.6) is 0 Å². The molecule has 2 atom stereocenters. The predicted molar refractivity (Wildman–Crippen MR) is 88.7 cm³/mol. The number of rotatable bonds is 5. The molecule has 0 fully saturated rings. The molecule has 1 aromatic heterocycles. The Morgan fingerprint density at radius 1 is 1.45 bits per heavy atom. The third kappa shape index (κ3) is 2.79. The zero-order valence-corrected chi connectivity index (χ0v) is 14.8. The molecule has 1 aliphatic carbocycles. The second-order valence-electron chi connectivity index (χ2n) is 5.14. The van der Waals surface area contributed by atoms with Gasteiger partial charge in [0.2, 0.25) is 10.0 Å². The standard InChI is InChI=1S/C15H18BrNO4S/c1-3-21-14(18)12-7-9-17(11-12)22(19,20)15(2)8-5-4-6-13(15)10-16/h4-9,11,13H,3,10H2,1-2H3. The van der Waals surface area contributed by atoms with Crippen molar-refractivity contribution in [3.63, 3.8) is 0 Å². The third-order valence-corrected chi connectivity index (χ3v) is 6.83. The van der Waals surface area contributed by atoms with Gasteiger partial charge in [0, 0.05) is 23.6 Å². The Bertz CT molecular complexity index is 720. The first kappa shape index (κ1) is 17.0. The average molecular weight is 388 g/mol. The van der Waals surface area contributed by atoms with Crippen LogP contribution in [0.1, 0.15) is 24.2 Å². The molecule has 0 amide bonds. The van der Waals surface area contributed by atoms with E-state index in [0.717, 1.165) is 3.97 Å². The Morgan fingerprint density at radius 2 is 2.18 bits per heavy atom. The molecule has 1 heterocycles. The van der Waals surface area contributed by atoms with Gasteiger partial charge in [-0.05, 0) is 19.9 Å². The van der Waals surface area contributed by atoms with Crippen LogP contribution >= 0.6 is 15.9 Å². The van der Waals surface area contributed by atoms with Gasteiger partial charge in [-0.15, -0.1) is 0 Å². The molecule has 0 N–H and O–H groups in total. The molecule has 0 bridgehead atoms. The number of esters is 1. The molecule has 0 radical (unpaired) electrons. The van der Waals surface area contributed by atoms with Crippen molar-refractivity contribution in [1.82, 2.24) is 3.97 Å². The van der Waals surface area contributed by atoms with Crippen LogP contribution in [0.25, 0.3) is 0 Å². The topological polar surface area (TPSA) is 65.4 Å². The highest BCUT2D eigenvalue weighted by atomic mass is 79.9. The normalized spacial score (nSPS) is 24.4. The minimum atomic E-state index is -3.71. The van der Waals surface area contributed by atoms with Crippen LogP contribution in [0.3, 0.4) is 0 Å². The van der Waals surface area contributed by atoms with E-state index in [0.29, 0.717) is 5.33 Å². The summed E-state index contributed by atoms with van der Waals surface area (Å²) in [5.74, 6) is -0.728. The van der Waals surface area contributed by atoms with E-state index in [9.17, 15) is 13.2 Å². The summed E-state index contributed by atoms with van der Waals surface area (Å²) in [5.41, 5.74) is 0.222. The Labute approximate surface area is 138 Å². The van der Waals surface area contributed by atoms with Crippen molar-refractivity contribution in [3.8, 4) is 0 Å². The van der Waals surface area contributed by atoms with Crippen LogP contribution in [-0.2, 0) is 14.8 Å². The number of carbonyl (C=O) groups is 1. The van der Waals surface area contributed by atoms with Crippen molar-refractivity contribution in [3.05, 3.63) is 48.3 Å². The fourth-order valence-electron chi connectivity index (χ4n) is 2.33. The molecule has 1 aliphatic rings. The van der Waals surface area contributed by atoms with Gasteiger partial charge in [0.1, 0.15) is 4.75 Å². The van der Waals surface area contributed by atoms with Crippen LogP contribution in [0.2, 0.25) is 0 Å². The SMILES string of the molecule is CCOC(=O)c1ccn(S(=O)(=O)C2(C)C=CC=CC2CBr)c1. The molecule has 0 spiro atoms. The fourth-order valence-corrected chi connectivity index (χ4v) is 5.16. The van der Waals surface area contributed by atoms with Crippen molar-refractivity contribution in [1.29, 1.82) is 0 Å². The van der Waals surface area contributed by atoms with Gasteiger partial charge in [-0.2, -0.15) is 0 Å². The molecule has 22 heavy (non-hydrogen) atoms. The molecular weight excluding hydrogens is 370 g/mol. The number of carbonyl (C=O) groups excluding carboxylic acids is 1. The summed E-state index contributed by atoms with van der Waals surface area (Å²) >= 11 is 3.37. The van der Waals surface area contributed by atoms with Gasteiger partial charge in [-0.3, -0.25) is 3.97 Å². The second kappa shape index (κ2) is 6.42. The van der Waals surface area contributed by atoms with E-state index >= 15 is 0 Å². The Balaban J connectivity index is 2.40. The molecule has 0 saturated heterocycles. The minimum Gasteiger partial charge on any atom is -0.462 e. The van der Waals surface area contributed by atoms with Crippen molar-refractivity contribution in [2.75, 3.05) is 11.9 Å². The maximum atomic E-state index is 13.0. The molecule has 0 saturated carbocycles. The summed E-state index contributed by atoms with van der Waals surface area (Å²) in [6, 6.07) is 1.45. The Morgan fingerprint density at radius 3 is 2.82 bits per heavy atom. The molecule has 0 aromatic carbocycles. The highest BCUT2D eigenvalue weighted by Crippen LogP contribution is 2.35. The first-order valence-electron chi connectivity index (χ1n) is 6.89. The maximum absolute atomic E-state index is 13.0. The van der Waals surface area contributed by atoms with Gasteiger partial charge in [-0.1, -0.05) is 40.2 Å². The van der Waals surface area contributed by atoms with Gasteiger partial charge >= 0.3 is 5.97 Å². The van der Waals surface area contributed by atoms with E-state index in [1.807, 2.05) is 12.2 Å². The van der Waals surface area contributed by atoms with Crippen molar-refractivity contribution in [2.45, 2.75) is 18.6 Å². The van der Waals surface area contributed by atoms with Crippen LogP contribution in [0.15, 0.2) is 42.8 Å². The predicted octanol–water partition coefficient (Wildman–Crippen LogP) is 2.74. The van der Waals surface area contributed by atoms with Crippen LogP contribution < -0.4 is 0 Å². The summed E-state index contributed by atoms with van der Waals surface area (Å²) in [6.07, 6.45) is 9.79. The van der Waals surface area contributed by atoms with Crippen LogP contribution in [-0.4, -0.2) is 35.0 Å². The molecular formula is C15H18BrNO4S. The summed E-state index contributed by atoms with van der Waals surface area (Å²) in [7, 11) is -3.71. The molecule has 120 valence electrons. The monoisotopic (exact) mass is 387 g/mol. The van der Waals surface area contributed by atoms with Gasteiger partial charge in [0.15, 0.2) is 0 Å². The number of nitrogens with zero attached hydrogens (tertiary/aromatic N) is 1. The largest absolute Gasteiger partial charge is 0.462 e. The molecule has 1 aromatic rings. The molecule has 0 aliphatic heterocycles. The summed E-state index contributed by atoms with van der Waals surface area (Å²) < 4.78 is 30.8. The zero-order valence-electron chi connectivity index (χ0n) is 12.4. The molecule has 2 rings (SSSR count). The molecule has 7 heteroatoms. The lowest BCUT2D eigenvalue weighted by atomic mass is 9.91. The number of hydrogen-bond donors (Lipinski definition) is 0. The highest BCUT2D eigenvalue weighted by Gasteiger charge is 2.44. The van der Waals surface area contributed by atoms with Crippen LogP contribution in [0, 0.1) is 5.92 Å². The van der Waals surface area contributed by atoms with E-state index in [4.69, 9.17) is 4.74 Å². The lowest BCUT2D eigenvalue weighted by Gasteiger charge is -2.33. The highest BCUT2D eigenvalue weighted by molar-refractivity contribution is 9.09. The zero-order chi connectivity index (χ0) is 16.4. The minimum absolute atomic E-state index is 0.198. The van der Waals surface area contributed by atoms with E-state index in [1.165, 1.54) is 18.5 Å². The van der Waals surface area contributed by atoms with E-state index in [-0.39, 0.29) is 18.1 Å². The number of hydrogen-bond acceptors (Lipinski definition) is 4. The van der Waals surface area contributed by atoms with Crippen LogP contribution in [0.4, 0.5) is 0 Å². The summed E-state index contributed by atoms with van der Waals surface area (Å²) in [6.45, 7) is 3.62. The summed E-state index contributed by atoms with van der Waals surface area (Å²) in [5, 5.41) is 0.523. The van der Waals surface area contributed by atoms with Crippen molar-refractivity contribution >= 4 is 31.9 Å². The lowest BCUT2D eigenvalue weighted by Crippen LogP contribution is -2.45. The number of aromatic nitrogens is 1.